The zero-order valence-corrected chi connectivity index (χ0v) is 14.2. The highest BCUT2D eigenvalue weighted by atomic mass is 16.5. The molecular weight excluding hydrogens is 300 g/mol. The first-order valence-corrected chi connectivity index (χ1v) is 8.52. The molecule has 0 aromatic heterocycles. The number of amides is 1. The molecule has 0 radical (unpaired) electrons. The summed E-state index contributed by atoms with van der Waals surface area (Å²) in [7, 11) is 0. The second-order valence-electron chi connectivity index (χ2n) is 5.85. The van der Waals surface area contributed by atoms with Crippen LogP contribution in [0, 0.1) is 0 Å². The largest absolute Gasteiger partial charge is 0.494 e. The molecule has 0 spiro atoms. The van der Waals surface area contributed by atoms with Crippen molar-refractivity contribution < 1.29 is 9.53 Å². The van der Waals surface area contributed by atoms with E-state index in [0.29, 0.717) is 13.0 Å². The lowest BCUT2D eigenvalue weighted by molar-refractivity contribution is -0.117. The summed E-state index contributed by atoms with van der Waals surface area (Å²) in [6, 6.07) is 16.8. The number of unbranched alkanes of at least 4 members (excludes halogenated alkanes) is 1. The van der Waals surface area contributed by atoms with Crippen LogP contribution in [0.1, 0.15) is 31.7 Å². The summed E-state index contributed by atoms with van der Waals surface area (Å²) in [5.41, 5.74) is 7.96. The Morgan fingerprint density at radius 2 is 1.96 bits per heavy atom. The van der Waals surface area contributed by atoms with Gasteiger partial charge in [-0.2, -0.15) is 0 Å². The number of hydrogen-bond donors (Lipinski definition) is 2. The van der Waals surface area contributed by atoms with Gasteiger partial charge in [-0.1, -0.05) is 43.7 Å². The van der Waals surface area contributed by atoms with E-state index < -0.39 is 6.04 Å². The second kappa shape index (κ2) is 9.73. The smallest absolute Gasteiger partial charge is 0.241 e. The van der Waals surface area contributed by atoms with Crippen LogP contribution in [0.3, 0.4) is 0 Å². The Bertz CT molecular complexity index is 629. The van der Waals surface area contributed by atoms with Gasteiger partial charge in [0.1, 0.15) is 5.75 Å². The predicted octanol–water partition coefficient (Wildman–Crippen LogP) is 3.76. The monoisotopic (exact) mass is 326 g/mol. The molecule has 24 heavy (non-hydrogen) atoms. The Labute approximate surface area is 144 Å². The van der Waals surface area contributed by atoms with Crippen LogP contribution in [0.5, 0.6) is 5.75 Å². The first-order chi connectivity index (χ1) is 11.7. The standard InChI is InChI=1S/C20H26N2O2/c1-2-3-8-16-9-7-12-18(15-16)24-14-13-19(21)20(23)22-17-10-5-4-6-11-17/h4-7,9-12,15,19H,2-3,8,13-14,21H2,1H3,(H,22,23). The second-order valence-corrected chi connectivity index (χ2v) is 5.85. The highest BCUT2D eigenvalue weighted by Gasteiger charge is 2.13. The number of anilines is 1. The number of carbonyl (C=O) groups excluding carboxylic acids is 1. The Hall–Kier alpha value is -2.33. The molecule has 1 amide bonds. The zero-order valence-electron chi connectivity index (χ0n) is 14.2. The van der Waals surface area contributed by atoms with E-state index in [1.807, 2.05) is 42.5 Å². The summed E-state index contributed by atoms with van der Waals surface area (Å²) in [6.07, 6.45) is 3.88. The van der Waals surface area contributed by atoms with Crippen molar-refractivity contribution >= 4 is 11.6 Å². The van der Waals surface area contributed by atoms with Gasteiger partial charge in [0, 0.05) is 12.1 Å². The van der Waals surface area contributed by atoms with E-state index in [9.17, 15) is 4.79 Å². The third-order valence-electron chi connectivity index (χ3n) is 3.79. The molecule has 0 aliphatic carbocycles. The highest BCUT2D eigenvalue weighted by molar-refractivity contribution is 5.94. The van der Waals surface area contributed by atoms with Gasteiger partial charge in [0.25, 0.3) is 0 Å². The van der Waals surface area contributed by atoms with Crippen LogP contribution in [-0.4, -0.2) is 18.6 Å². The van der Waals surface area contributed by atoms with Crippen molar-refractivity contribution in [3.8, 4) is 5.75 Å². The van der Waals surface area contributed by atoms with E-state index in [-0.39, 0.29) is 5.91 Å². The summed E-state index contributed by atoms with van der Waals surface area (Å²) < 4.78 is 5.74. The molecule has 0 aliphatic rings. The summed E-state index contributed by atoms with van der Waals surface area (Å²) in [5.74, 6) is 0.640. The van der Waals surface area contributed by atoms with Crippen molar-refractivity contribution in [2.24, 2.45) is 5.73 Å². The summed E-state index contributed by atoms with van der Waals surface area (Å²) in [4.78, 5) is 12.0. The first-order valence-electron chi connectivity index (χ1n) is 8.52. The number of aryl methyl sites for hydroxylation is 1. The van der Waals surface area contributed by atoms with Gasteiger partial charge in [-0.15, -0.1) is 0 Å². The van der Waals surface area contributed by atoms with Crippen LogP contribution in [0.25, 0.3) is 0 Å². The van der Waals surface area contributed by atoms with Gasteiger partial charge in [-0.3, -0.25) is 4.79 Å². The van der Waals surface area contributed by atoms with Gasteiger partial charge >= 0.3 is 0 Å². The molecule has 0 aliphatic heterocycles. The van der Waals surface area contributed by atoms with E-state index in [4.69, 9.17) is 10.5 Å². The van der Waals surface area contributed by atoms with Gasteiger partial charge in [-0.05, 0) is 42.7 Å². The Morgan fingerprint density at radius 1 is 1.17 bits per heavy atom. The Morgan fingerprint density at radius 3 is 2.71 bits per heavy atom. The third-order valence-corrected chi connectivity index (χ3v) is 3.79. The minimum Gasteiger partial charge on any atom is -0.494 e. The fourth-order valence-electron chi connectivity index (χ4n) is 2.36. The fraction of sp³-hybridized carbons (Fsp3) is 0.350. The maximum absolute atomic E-state index is 12.0. The third kappa shape index (κ3) is 6.05. The van der Waals surface area contributed by atoms with E-state index in [1.54, 1.807) is 0 Å². The first kappa shape index (κ1) is 18.0. The number of hydrogen-bond acceptors (Lipinski definition) is 3. The Balaban J connectivity index is 1.75. The SMILES string of the molecule is CCCCc1cccc(OCCC(N)C(=O)Nc2ccccc2)c1. The van der Waals surface area contributed by atoms with Crippen molar-refractivity contribution in [2.75, 3.05) is 11.9 Å². The van der Waals surface area contributed by atoms with Gasteiger partial charge in [0.15, 0.2) is 0 Å². The van der Waals surface area contributed by atoms with E-state index in [0.717, 1.165) is 17.9 Å². The van der Waals surface area contributed by atoms with Crippen molar-refractivity contribution in [1.29, 1.82) is 0 Å². The van der Waals surface area contributed by atoms with E-state index in [2.05, 4.69) is 24.4 Å². The molecule has 0 heterocycles. The lowest BCUT2D eigenvalue weighted by Crippen LogP contribution is -2.36. The molecule has 1 atom stereocenters. The van der Waals surface area contributed by atoms with Gasteiger partial charge < -0.3 is 15.8 Å². The summed E-state index contributed by atoms with van der Waals surface area (Å²) in [6.45, 7) is 2.60. The van der Waals surface area contributed by atoms with Crippen LogP contribution in [0.4, 0.5) is 5.69 Å². The molecule has 0 saturated heterocycles. The Kier molecular flexibility index (Phi) is 7.30. The molecule has 2 aromatic carbocycles. The average molecular weight is 326 g/mol. The lowest BCUT2D eigenvalue weighted by Gasteiger charge is -2.13. The number of nitrogens with two attached hydrogens (primary N) is 1. The highest BCUT2D eigenvalue weighted by Crippen LogP contribution is 2.15. The number of benzene rings is 2. The molecule has 128 valence electrons. The lowest BCUT2D eigenvalue weighted by atomic mass is 10.1. The normalized spacial score (nSPS) is 11.8. The minimum absolute atomic E-state index is 0.193. The molecule has 3 N–H and O–H groups in total. The van der Waals surface area contributed by atoms with Crippen molar-refractivity contribution in [3.05, 3.63) is 60.2 Å². The number of carbonyl (C=O) groups is 1. The molecule has 2 rings (SSSR count). The van der Waals surface area contributed by atoms with Crippen molar-refractivity contribution in [1.82, 2.24) is 0 Å². The van der Waals surface area contributed by atoms with Crippen molar-refractivity contribution in [2.45, 2.75) is 38.6 Å². The quantitative estimate of drug-likeness (QED) is 0.737. The van der Waals surface area contributed by atoms with Crippen LogP contribution < -0.4 is 15.8 Å². The van der Waals surface area contributed by atoms with E-state index in [1.165, 1.54) is 18.4 Å². The number of nitrogens with one attached hydrogen (secondary N) is 1. The molecule has 4 nitrogen and oxygen atoms in total. The van der Waals surface area contributed by atoms with Gasteiger partial charge in [-0.25, -0.2) is 0 Å². The summed E-state index contributed by atoms with van der Waals surface area (Å²) in [5, 5.41) is 2.80. The van der Waals surface area contributed by atoms with Crippen LogP contribution in [-0.2, 0) is 11.2 Å². The van der Waals surface area contributed by atoms with Crippen LogP contribution in [0.15, 0.2) is 54.6 Å². The zero-order chi connectivity index (χ0) is 17.2. The maximum atomic E-state index is 12.0. The van der Waals surface area contributed by atoms with Crippen LogP contribution in [0.2, 0.25) is 0 Å². The fourth-order valence-corrected chi connectivity index (χ4v) is 2.36. The number of rotatable bonds is 9. The van der Waals surface area contributed by atoms with Crippen molar-refractivity contribution in [3.63, 3.8) is 0 Å². The van der Waals surface area contributed by atoms with E-state index >= 15 is 0 Å². The molecule has 0 bridgehead atoms. The predicted molar refractivity (Wildman–Crippen MR) is 98.2 cm³/mol. The molecular formula is C20H26N2O2. The topological polar surface area (TPSA) is 64.3 Å². The molecule has 2 aromatic rings. The average Bonchev–Trinajstić information content (AvgIpc) is 2.61. The van der Waals surface area contributed by atoms with Gasteiger partial charge in [0.05, 0.1) is 12.6 Å². The molecule has 1 unspecified atom stereocenters. The molecule has 0 saturated carbocycles. The number of para-hydroxylation sites is 1. The number of ether oxygens (including phenoxy) is 1. The summed E-state index contributed by atoms with van der Waals surface area (Å²) >= 11 is 0. The maximum Gasteiger partial charge on any atom is 0.241 e. The minimum atomic E-state index is -0.589. The molecule has 4 heteroatoms. The molecule has 0 fully saturated rings. The van der Waals surface area contributed by atoms with Crippen LogP contribution >= 0.6 is 0 Å². The van der Waals surface area contributed by atoms with Gasteiger partial charge in [0.2, 0.25) is 5.91 Å².